The molecule has 11 heavy (non-hydrogen) atoms. The molecule has 0 saturated heterocycles. The molecule has 1 saturated carbocycles. The molecular weight excluding hydrogens is 140 g/mol. The minimum atomic E-state index is -0.0508. The molecule has 2 nitrogen and oxygen atoms in total. The Morgan fingerprint density at radius 3 is 2.45 bits per heavy atom. The second-order valence-corrected chi connectivity index (χ2v) is 3.25. The van der Waals surface area contributed by atoms with E-state index in [9.17, 15) is 4.79 Å². The van der Waals surface area contributed by atoms with Crippen molar-refractivity contribution in [3.63, 3.8) is 0 Å². The molecule has 0 aromatic heterocycles. The number of hydrogen-bond donors (Lipinski definition) is 0. The van der Waals surface area contributed by atoms with Gasteiger partial charge in [0.25, 0.3) is 0 Å². The van der Waals surface area contributed by atoms with Crippen molar-refractivity contribution in [1.82, 2.24) is 0 Å². The second-order valence-electron chi connectivity index (χ2n) is 3.25. The lowest BCUT2D eigenvalue weighted by Crippen LogP contribution is -2.18. The number of carbonyl (C=O) groups excluding carboxylic acids is 1. The van der Waals surface area contributed by atoms with Gasteiger partial charge >= 0.3 is 5.97 Å². The second kappa shape index (κ2) is 3.24. The van der Waals surface area contributed by atoms with Crippen molar-refractivity contribution in [2.45, 2.75) is 39.5 Å². The Kier molecular flexibility index (Phi) is 2.53. The molecule has 0 radical (unpaired) electrons. The Hall–Kier alpha value is -0.530. The molecule has 1 fully saturated rings. The molecule has 1 aliphatic carbocycles. The Balaban J connectivity index is 2.38. The molecular formula is C9H16O2. The minimum absolute atomic E-state index is 0.0295. The number of rotatable bonds is 4. The van der Waals surface area contributed by atoms with Crippen LogP contribution in [0.5, 0.6) is 0 Å². The zero-order valence-corrected chi connectivity index (χ0v) is 7.35. The molecule has 0 unspecified atom stereocenters. The van der Waals surface area contributed by atoms with Gasteiger partial charge in [-0.15, -0.1) is 0 Å². The largest absolute Gasteiger partial charge is 0.466 e. The van der Waals surface area contributed by atoms with E-state index in [1.165, 1.54) is 0 Å². The van der Waals surface area contributed by atoms with Gasteiger partial charge < -0.3 is 4.74 Å². The summed E-state index contributed by atoms with van der Waals surface area (Å²) in [7, 11) is 0. The van der Waals surface area contributed by atoms with E-state index >= 15 is 0 Å². The maximum atomic E-state index is 11.3. The number of esters is 1. The third-order valence-corrected chi connectivity index (χ3v) is 2.29. The molecule has 1 rings (SSSR count). The van der Waals surface area contributed by atoms with Gasteiger partial charge in [0.2, 0.25) is 0 Å². The molecule has 0 spiro atoms. The van der Waals surface area contributed by atoms with Crippen LogP contribution in [0.15, 0.2) is 0 Å². The summed E-state index contributed by atoms with van der Waals surface area (Å²) >= 11 is 0. The van der Waals surface area contributed by atoms with Crippen LogP contribution < -0.4 is 0 Å². The Morgan fingerprint density at radius 1 is 1.45 bits per heavy atom. The highest BCUT2D eigenvalue weighted by molar-refractivity contribution is 5.79. The molecule has 0 aromatic carbocycles. The quantitative estimate of drug-likeness (QED) is 0.583. The van der Waals surface area contributed by atoms with E-state index in [-0.39, 0.29) is 11.4 Å². The Bertz CT molecular complexity index is 148. The first-order chi connectivity index (χ1) is 5.25. The van der Waals surface area contributed by atoms with E-state index in [4.69, 9.17) is 4.74 Å². The van der Waals surface area contributed by atoms with Gasteiger partial charge in [0, 0.05) is 0 Å². The van der Waals surface area contributed by atoms with E-state index in [1.807, 2.05) is 6.92 Å². The van der Waals surface area contributed by atoms with Gasteiger partial charge in [0.1, 0.15) is 0 Å². The number of ether oxygens (including phenoxy) is 1. The predicted molar refractivity (Wildman–Crippen MR) is 43.2 cm³/mol. The van der Waals surface area contributed by atoms with E-state index in [2.05, 4.69) is 6.92 Å². The van der Waals surface area contributed by atoms with Gasteiger partial charge in [-0.3, -0.25) is 4.79 Å². The van der Waals surface area contributed by atoms with Crippen LogP contribution in [0.4, 0.5) is 0 Å². The molecule has 0 atom stereocenters. The summed E-state index contributed by atoms with van der Waals surface area (Å²) in [5.74, 6) is 0.0295. The maximum absolute atomic E-state index is 11.3. The molecule has 0 aromatic rings. The molecule has 2 heteroatoms. The summed E-state index contributed by atoms with van der Waals surface area (Å²) in [4.78, 5) is 11.3. The zero-order valence-electron chi connectivity index (χ0n) is 7.35. The van der Waals surface area contributed by atoms with Crippen molar-refractivity contribution in [2.75, 3.05) is 6.61 Å². The summed E-state index contributed by atoms with van der Waals surface area (Å²) in [5, 5.41) is 0. The van der Waals surface area contributed by atoms with E-state index in [0.29, 0.717) is 6.61 Å². The van der Waals surface area contributed by atoms with Crippen molar-refractivity contribution < 1.29 is 9.53 Å². The lowest BCUT2D eigenvalue weighted by atomic mass is 10.0. The van der Waals surface area contributed by atoms with Crippen molar-refractivity contribution in [3.05, 3.63) is 0 Å². The zero-order chi connectivity index (χ0) is 8.32. The molecule has 0 amide bonds. The van der Waals surface area contributed by atoms with Crippen LogP contribution in [-0.2, 0) is 9.53 Å². The first kappa shape index (κ1) is 8.57. The van der Waals surface area contributed by atoms with Crippen molar-refractivity contribution in [2.24, 2.45) is 5.41 Å². The first-order valence-electron chi connectivity index (χ1n) is 4.42. The standard InChI is InChI=1S/C9H16O2/c1-3-5-9(6-7-9)8(10)11-4-2/h3-7H2,1-2H3. The summed E-state index contributed by atoms with van der Waals surface area (Å²) in [6.45, 7) is 4.49. The first-order valence-corrected chi connectivity index (χ1v) is 4.42. The molecule has 0 heterocycles. The monoisotopic (exact) mass is 156 g/mol. The molecule has 64 valence electrons. The number of carbonyl (C=O) groups is 1. The Morgan fingerprint density at radius 2 is 2.09 bits per heavy atom. The van der Waals surface area contributed by atoms with Gasteiger partial charge in [-0.25, -0.2) is 0 Å². The maximum Gasteiger partial charge on any atom is 0.312 e. The summed E-state index contributed by atoms with van der Waals surface area (Å²) in [6, 6.07) is 0. The fraction of sp³-hybridized carbons (Fsp3) is 0.889. The normalized spacial score (nSPS) is 19.5. The third-order valence-electron chi connectivity index (χ3n) is 2.29. The third kappa shape index (κ3) is 1.73. The van der Waals surface area contributed by atoms with Crippen LogP contribution in [0, 0.1) is 5.41 Å². The lowest BCUT2D eigenvalue weighted by molar-refractivity contribution is -0.150. The summed E-state index contributed by atoms with van der Waals surface area (Å²) < 4.78 is 4.98. The smallest absolute Gasteiger partial charge is 0.312 e. The minimum Gasteiger partial charge on any atom is -0.466 e. The fourth-order valence-corrected chi connectivity index (χ4v) is 1.47. The number of hydrogen-bond acceptors (Lipinski definition) is 2. The SMILES string of the molecule is CCCC1(C(=O)OCC)CC1. The van der Waals surface area contributed by atoms with Crippen LogP contribution in [0.3, 0.4) is 0 Å². The average molecular weight is 156 g/mol. The Labute approximate surface area is 67.9 Å². The molecule has 0 bridgehead atoms. The van der Waals surface area contributed by atoms with Gasteiger partial charge in [-0.2, -0.15) is 0 Å². The molecule has 0 aliphatic heterocycles. The van der Waals surface area contributed by atoms with Crippen molar-refractivity contribution >= 4 is 5.97 Å². The average Bonchev–Trinajstić information content (AvgIpc) is 2.71. The van der Waals surface area contributed by atoms with Crippen LogP contribution in [-0.4, -0.2) is 12.6 Å². The highest BCUT2D eigenvalue weighted by Crippen LogP contribution is 2.50. The van der Waals surface area contributed by atoms with E-state index in [1.54, 1.807) is 0 Å². The van der Waals surface area contributed by atoms with Gasteiger partial charge in [-0.05, 0) is 26.2 Å². The highest BCUT2D eigenvalue weighted by atomic mass is 16.5. The van der Waals surface area contributed by atoms with Gasteiger partial charge in [0.15, 0.2) is 0 Å². The van der Waals surface area contributed by atoms with Gasteiger partial charge in [0.05, 0.1) is 12.0 Å². The highest BCUT2D eigenvalue weighted by Gasteiger charge is 2.49. The van der Waals surface area contributed by atoms with E-state index < -0.39 is 0 Å². The molecule has 0 N–H and O–H groups in total. The van der Waals surface area contributed by atoms with Crippen LogP contribution in [0.25, 0.3) is 0 Å². The van der Waals surface area contributed by atoms with Crippen molar-refractivity contribution in [3.8, 4) is 0 Å². The topological polar surface area (TPSA) is 26.3 Å². The van der Waals surface area contributed by atoms with Gasteiger partial charge in [-0.1, -0.05) is 13.3 Å². The van der Waals surface area contributed by atoms with Crippen molar-refractivity contribution in [1.29, 1.82) is 0 Å². The van der Waals surface area contributed by atoms with Crippen LogP contribution in [0.1, 0.15) is 39.5 Å². The lowest BCUT2D eigenvalue weighted by Gasteiger charge is -2.11. The summed E-state index contributed by atoms with van der Waals surface area (Å²) in [5.41, 5.74) is -0.0508. The fourth-order valence-electron chi connectivity index (χ4n) is 1.47. The van der Waals surface area contributed by atoms with Crippen LogP contribution >= 0.6 is 0 Å². The van der Waals surface area contributed by atoms with Crippen LogP contribution in [0.2, 0.25) is 0 Å². The summed E-state index contributed by atoms with van der Waals surface area (Å²) in [6.07, 6.45) is 4.17. The predicted octanol–water partition coefficient (Wildman–Crippen LogP) is 2.13. The van der Waals surface area contributed by atoms with E-state index in [0.717, 1.165) is 25.7 Å². The molecule has 1 aliphatic rings.